The average Bonchev–Trinajstić information content (AvgIpc) is 3.00. The minimum Gasteiger partial charge on any atom is -0.314 e. The van der Waals surface area contributed by atoms with Gasteiger partial charge in [-0.3, -0.25) is 4.79 Å². The smallest absolute Gasteiger partial charge is 0.228 e. The SMILES string of the molecule is CNC1(CC(=O)Nc2nc3c(s2)CCC3)CCCCC1. The lowest BCUT2D eigenvalue weighted by Gasteiger charge is -2.36. The van der Waals surface area contributed by atoms with E-state index in [1.54, 1.807) is 11.3 Å². The molecule has 1 aromatic rings. The van der Waals surface area contributed by atoms with Crippen LogP contribution in [0.15, 0.2) is 0 Å². The zero-order valence-electron chi connectivity index (χ0n) is 12.1. The Morgan fingerprint density at radius 2 is 2.05 bits per heavy atom. The van der Waals surface area contributed by atoms with Gasteiger partial charge < -0.3 is 10.6 Å². The molecule has 1 amide bonds. The zero-order valence-corrected chi connectivity index (χ0v) is 12.9. The van der Waals surface area contributed by atoms with Crippen molar-refractivity contribution in [3.8, 4) is 0 Å². The second-order valence-electron chi connectivity index (χ2n) is 6.06. The van der Waals surface area contributed by atoms with Gasteiger partial charge in [0.25, 0.3) is 0 Å². The molecule has 1 saturated carbocycles. The molecule has 0 aliphatic heterocycles. The van der Waals surface area contributed by atoms with Crippen molar-refractivity contribution in [2.75, 3.05) is 12.4 Å². The van der Waals surface area contributed by atoms with Gasteiger partial charge in [-0.05, 0) is 39.2 Å². The van der Waals surface area contributed by atoms with Gasteiger partial charge in [0.1, 0.15) is 0 Å². The van der Waals surface area contributed by atoms with E-state index in [-0.39, 0.29) is 11.4 Å². The number of amides is 1. The molecule has 0 bridgehead atoms. The second kappa shape index (κ2) is 5.82. The first-order valence-electron chi connectivity index (χ1n) is 7.68. The molecule has 0 saturated heterocycles. The molecule has 1 heterocycles. The lowest BCUT2D eigenvalue weighted by molar-refractivity contribution is -0.117. The number of nitrogens with one attached hydrogen (secondary N) is 2. The van der Waals surface area contributed by atoms with E-state index in [0.29, 0.717) is 6.42 Å². The third kappa shape index (κ3) is 2.88. The van der Waals surface area contributed by atoms with Crippen LogP contribution in [0.25, 0.3) is 0 Å². The number of fused-ring (bicyclic) bond motifs is 1. The molecule has 2 aliphatic rings. The van der Waals surface area contributed by atoms with Gasteiger partial charge in [-0.1, -0.05) is 19.3 Å². The summed E-state index contributed by atoms with van der Waals surface area (Å²) in [6.45, 7) is 0. The molecule has 5 heteroatoms. The number of aryl methyl sites for hydroxylation is 2. The van der Waals surface area contributed by atoms with Crippen LogP contribution < -0.4 is 10.6 Å². The van der Waals surface area contributed by atoms with Crippen LogP contribution in [0.4, 0.5) is 5.13 Å². The minimum absolute atomic E-state index is 0.00230. The number of aromatic nitrogens is 1. The molecule has 2 aliphatic carbocycles. The first-order chi connectivity index (χ1) is 9.71. The Bertz CT molecular complexity index is 470. The molecule has 1 fully saturated rings. The highest BCUT2D eigenvalue weighted by atomic mass is 32.1. The highest BCUT2D eigenvalue weighted by molar-refractivity contribution is 7.15. The maximum atomic E-state index is 12.3. The van der Waals surface area contributed by atoms with Crippen LogP contribution >= 0.6 is 11.3 Å². The van der Waals surface area contributed by atoms with Crippen molar-refractivity contribution in [1.82, 2.24) is 10.3 Å². The van der Waals surface area contributed by atoms with Crippen LogP contribution in [0, 0.1) is 0 Å². The van der Waals surface area contributed by atoms with Crippen LogP contribution in [0.5, 0.6) is 0 Å². The molecular weight excluding hydrogens is 270 g/mol. The van der Waals surface area contributed by atoms with Crippen molar-refractivity contribution >= 4 is 22.4 Å². The number of hydrogen-bond acceptors (Lipinski definition) is 4. The lowest BCUT2D eigenvalue weighted by atomic mass is 9.79. The van der Waals surface area contributed by atoms with Crippen LogP contribution in [0.2, 0.25) is 0 Å². The number of carbonyl (C=O) groups is 1. The quantitative estimate of drug-likeness (QED) is 0.897. The summed E-state index contributed by atoms with van der Waals surface area (Å²) in [6.07, 6.45) is 9.92. The molecular formula is C15H23N3OS. The fraction of sp³-hybridized carbons (Fsp3) is 0.733. The standard InChI is InChI=1S/C15H23N3OS/c1-16-15(8-3-2-4-9-15)10-13(19)18-14-17-11-6-5-7-12(11)20-14/h16H,2-10H2,1H3,(H,17,18,19). The van der Waals surface area contributed by atoms with Crippen molar-refractivity contribution in [2.45, 2.75) is 63.3 Å². The van der Waals surface area contributed by atoms with Crippen LogP contribution in [-0.2, 0) is 17.6 Å². The normalized spacial score (nSPS) is 20.6. The summed E-state index contributed by atoms with van der Waals surface area (Å²) in [7, 11) is 1.98. The number of anilines is 1. The molecule has 4 nitrogen and oxygen atoms in total. The fourth-order valence-corrected chi connectivity index (χ4v) is 4.52. The molecule has 0 aromatic carbocycles. The predicted octanol–water partition coefficient (Wildman–Crippen LogP) is 2.88. The summed E-state index contributed by atoms with van der Waals surface area (Å²) in [5, 5.41) is 7.19. The van der Waals surface area contributed by atoms with Crippen molar-refractivity contribution < 1.29 is 4.79 Å². The average molecular weight is 293 g/mol. The molecule has 1 aromatic heterocycles. The van der Waals surface area contributed by atoms with Crippen LogP contribution in [-0.4, -0.2) is 23.5 Å². The van der Waals surface area contributed by atoms with E-state index in [1.807, 2.05) is 7.05 Å². The van der Waals surface area contributed by atoms with Gasteiger partial charge in [-0.2, -0.15) is 0 Å². The van der Waals surface area contributed by atoms with Crippen molar-refractivity contribution in [3.05, 3.63) is 10.6 Å². The van der Waals surface area contributed by atoms with E-state index >= 15 is 0 Å². The van der Waals surface area contributed by atoms with Gasteiger partial charge >= 0.3 is 0 Å². The van der Waals surface area contributed by atoms with Crippen LogP contribution in [0.1, 0.15) is 55.5 Å². The number of rotatable bonds is 4. The molecule has 0 unspecified atom stereocenters. The molecule has 110 valence electrons. The second-order valence-corrected chi connectivity index (χ2v) is 7.14. The van der Waals surface area contributed by atoms with E-state index in [0.717, 1.165) is 30.8 Å². The summed E-state index contributed by atoms with van der Waals surface area (Å²) < 4.78 is 0. The third-order valence-electron chi connectivity index (χ3n) is 4.68. The molecule has 0 spiro atoms. The Hall–Kier alpha value is -0.940. The van der Waals surface area contributed by atoms with Crippen molar-refractivity contribution in [1.29, 1.82) is 0 Å². The van der Waals surface area contributed by atoms with Gasteiger partial charge in [0, 0.05) is 16.8 Å². The van der Waals surface area contributed by atoms with Gasteiger partial charge in [0.05, 0.1) is 5.69 Å². The predicted molar refractivity (Wildman–Crippen MR) is 82.3 cm³/mol. The molecule has 3 rings (SSSR count). The summed E-state index contributed by atoms with van der Waals surface area (Å²) in [5.41, 5.74) is 1.20. The van der Waals surface area contributed by atoms with Crippen LogP contribution in [0.3, 0.4) is 0 Å². The first kappa shape index (κ1) is 14.0. The third-order valence-corrected chi connectivity index (χ3v) is 5.75. The fourth-order valence-electron chi connectivity index (χ4n) is 3.46. The molecule has 0 radical (unpaired) electrons. The summed E-state index contributed by atoms with van der Waals surface area (Å²) >= 11 is 1.66. The maximum Gasteiger partial charge on any atom is 0.228 e. The van der Waals surface area contributed by atoms with E-state index in [2.05, 4.69) is 15.6 Å². The Kier molecular flexibility index (Phi) is 4.08. The van der Waals surface area contributed by atoms with Crippen molar-refractivity contribution in [2.24, 2.45) is 0 Å². The Labute approximate surface area is 124 Å². The highest BCUT2D eigenvalue weighted by Gasteiger charge is 2.32. The Balaban J connectivity index is 1.60. The van der Waals surface area contributed by atoms with Gasteiger partial charge in [-0.25, -0.2) is 4.98 Å². The van der Waals surface area contributed by atoms with E-state index < -0.39 is 0 Å². The molecule has 20 heavy (non-hydrogen) atoms. The molecule has 2 N–H and O–H groups in total. The van der Waals surface area contributed by atoms with Crippen molar-refractivity contribution in [3.63, 3.8) is 0 Å². The van der Waals surface area contributed by atoms with E-state index in [4.69, 9.17) is 0 Å². The number of thiazole rings is 1. The monoisotopic (exact) mass is 293 g/mol. The van der Waals surface area contributed by atoms with Gasteiger partial charge in [-0.15, -0.1) is 11.3 Å². The first-order valence-corrected chi connectivity index (χ1v) is 8.50. The van der Waals surface area contributed by atoms with E-state index in [1.165, 1.54) is 36.3 Å². The number of carbonyl (C=O) groups excluding carboxylic acids is 1. The highest BCUT2D eigenvalue weighted by Crippen LogP contribution is 2.33. The molecule has 0 atom stereocenters. The number of hydrogen-bond donors (Lipinski definition) is 2. The Morgan fingerprint density at radius 1 is 1.25 bits per heavy atom. The van der Waals surface area contributed by atoms with Gasteiger partial charge in [0.2, 0.25) is 5.91 Å². The van der Waals surface area contributed by atoms with Gasteiger partial charge in [0.15, 0.2) is 5.13 Å². The summed E-state index contributed by atoms with van der Waals surface area (Å²) in [4.78, 5) is 18.2. The lowest BCUT2D eigenvalue weighted by Crippen LogP contribution is -2.47. The van der Waals surface area contributed by atoms with E-state index in [9.17, 15) is 4.79 Å². The largest absolute Gasteiger partial charge is 0.314 e. The zero-order chi connectivity index (χ0) is 14.0. The Morgan fingerprint density at radius 3 is 2.75 bits per heavy atom. The summed E-state index contributed by atoms with van der Waals surface area (Å²) in [6, 6.07) is 0. The summed E-state index contributed by atoms with van der Waals surface area (Å²) in [5.74, 6) is 0.105. The topological polar surface area (TPSA) is 54.0 Å². The minimum atomic E-state index is 0.00230. The maximum absolute atomic E-state index is 12.3. The number of nitrogens with zero attached hydrogens (tertiary/aromatic N) is 1.